The molecule has 2 rings (SSSR count). The van der Waals surface area contributed by atoms with Crippen LogP contribution in [0.4, 0.5) is 0 Å². The van der Waals surface area contributed by atoms with Gasteiger partial charge in [0.2, 0.25) is 0 Å². The van der Waals surface area contributed by atoms with E-state index < -0.39 is 6.10 Å². The fourth-order valence-electron chi connectivity index (χ4n) is 1.77. The molecular weight excluding hydrogens is 218 g/mol. The number of carbonyl (C=O) groups excluding carboxylic acids is 1. The summed E-state index contributed by atoms with van der Waals surface area (Å²) in [5.41, 5.74) is 1.15. The van der Waals surface area contributed by atoms with E-state index in [2.05, 4.69) is 5.32 Å². The van der Waals surface area contributed by atoms with Crippen molar-refractivity contribution in [3.05, 3.63) is 29.3 Å². The molecule has 17 heavy (non-hydrogen) atoms. The van der Waals surface area contributed by atoms with Crippen LogP contribution in [-0.2, 0) is 0 Å². The summed E-state index contributed by atoms with van der Waals surface area (Å²) in [5.74, 6) is -0.0347. The molecule has 92 valence electrons. The third-order valence-electron chi connectivity index (χ3n) is 3.04. The monoisotopic (exact) mass is 235 g/mol. The Hall–Kier alpha value is -1.55. The van der Waals surface area contributed by atoms with Gasteiger partial charge in [0.25, 0.3) is 5.91 Å². The summed E-state index contributed by atoms with van der Waals surface area (Å²) in [6.45, 7) is 2.09. The van der Waals surface area contributed by atoms with E-state index in [4.69, 9.17) is 0 Å². The maximum absolute atomic E-state index is 11.7. The maximum atomic E-state index is 11.7. The van der Waals surface area contributed by atoms with Crippen LogP contribution in [0.15, 0.2) is 18.2 Å². The van der Waals surface area contributed by atoms with Crippen molar-refractivity contribution in [1.29, 1.82) is 0 Å². The highest BCUT2D eigenvalue weighted by Gasteiger charge is 2.29. The third-order valence-corrected chi connectivity index (χ3v) is 3.04. The molecule has 1 amide bonds. The van der Waals surface area contributed by atoms with Crippen LogP contribution in [0.5, 0.6) is 5.75 Å². The number of nitrogens with one attached hydrogen (secondary N) is 1. The molecule has 1 unspecified atom stereocenters. The lowest BCUT2D eigenvalue weighted by atomic mass is 10.1. The Morgan fingerprint density at radius 3 is 2.82 bits per heavy atom. The minimum absolute atomic E-state index is 0.0246. The number of rotatable bonds is 4. The van der Waals surface area contributed by atoms with Gasteiger partial charge in [-0.2, -0.15) is 0 Å². The van der Waals surface area contributed by atoms with Gasteiger partial charge in [-0.3, -0.25) is 4.79 Å². The van der Waals surface area contributed by atoms with Gasteiger partial charge < -0.3 is 15.5 Å². The van der Waals surface area contributed by atoms with E-state index in [9.17, 15) is 15.0 Å². The predicted molar refractivity (Wildman–Crippen MR) is 63.9 cm³/mol. The Morgan fingerprint density at radius 1 is 1.53 bits per heavy atom. The van der Waals surface area contributed by atoms with Gasteiger partial charge in [-0.05, 0) is 43.4 Å². The van der Waals surface area contributed by atoms with Crippen molar-refractivity contribution in [1.82, 2.24) is 5.32 Å². The normalized spacial score (nSPS) is 16.6. The number of aryl methyl sites for hydroxylation is 1. The van der Waals surface area contributed by atoms with Gasteiger partial charge in [-0.25, -0.2) is 0 Å². The molecule has 1 fully saturated rings. The Bertz CT molecular complexity index is 427. The predicted octanol–water partition coefficient (Wildman–Crippen LogP) is 1.20. The Kier molecular flexibility index (Phi) is 3.33. The number of aromatic hydroxyl groups is 1. The summed E-state index contributed by atoms with van der Waals surface area (Å²) in [7, 11) is 0. The SMILES string of the molecule is Cc1ccc(C(=O)NCC(O)C2CC2)c(O)c1. The fourth-order valence-corrected chi connectivity index (χ4v) is 1.77. The second kappa shape index (κ2) is 4.75. The first kappa shape index (κ1) is 11.9. The van der Waals surface area contributed by atoms with Crippen molar-refractivity contribution in [3.8, 4) is 5.75 Å². The molecule has 0 saturated heterocycles. The average molecular weight is 235 g/mol. The minimum Gasteiger partial charge on any atom is -0.507 e. The van der Waals surface area contributed by atoms with E-state index in [1.165, 1.54) is 0 Å². The zero-order valence-electron chi connectivity index (χ0n) is 9.81. The highest BCUT2D eigenvalue weighted by atomic mass is 16.3. The third kappa shape index (κ3) is 2.97. The second-order valence-electron chi connectivity index (χ2n) is 4.64. The van der Waals surface area contributed by atoms with Crippen LogP contribution in [0.2, 0.25) is 0 Å². The summed E-state index contributed by atoms with van der Waals surface area (Å²) in [6.07, 6.45) is 1.60. The quantitative estimate of drug-likeness (QED) is 0.734. The van der Waals surface area contributed by atoms with Gasteiger partial charge in [-0.15, -0.1) is 0 Å². The van der Waals surface area contributed by atoms with Crippen LogP contribution in [0.3, 0.4) is 0 Å². The van der Waals surface area contributed by atoms with Crippen LogP contribution in [0, 0.1) is 12.8 Å². The standard InChI is InChI=1S/C13H17NO3/c1-8-2-5-10(11(15)6-8)13(17)14-7-12(16)9-3-4-9/h2,5-6,9,12,15-16H,3-4,7H2,1H3,(H,14,17). The molecule has 4 nitrogen and oxygen atoms in total. The van der Waals surface area contributed by atoms with Gasteiger partial charge in [-0.1, -0.05) is 6.07 Å². The number of aliphatic hydroxyl groups is 1. The Balaban J connectivity index is 1.94. The lowest BCUT2D eigenvalue weighted by molar-refractivity contribution is 0.0898. The van der Waals surface area contributed by atoms with Crippen molar-refractivity contribution in [2.24, 2.45) is 5.92 Å². The van der Waals surface area contributed by atoms with Crippen LogP contribution in [-0.4, -0.2) is 28.8 Å². The van der Waals surface area contributed by atoms with Crippen LogP contribution >= 0.6 is 0 Å². The highest BCUT2D eigenvalue weighted by Crippen LogP contribution is 2.32. The molecular formula is C13H17NO3. The largest absolute Gasteiger partial charge is 0.507 e. The molecule has 4 heteroatoms. The first-order valence-corrected chi connectivity index (χ1v) is 5.84. The van der Waals surface area contributed by atoms with Crippen LogP contribution in [0.25, 0.3) is 0 Å². The molecule has 3 N–H and O–H groups in total. The number of hydrogen-bond donors (Lipinski definition) is 3. The van der Waals surface area contributed by atoms with Crippen molar-refractivity contribution < 1.29 is 15.0 Å². The summed E-state index contributed by atoms with van der Waals surface area (Å²) in [4.78, 5) is 11.7. The summed E-state index contributed by atoms with van der Waals surface area (Å²) < 4.78 is 0. The smallest absolute Gasteiger partial charge is 0.255 e. The van der Waals surface area contributed by atoms with Crippen LogP contribution < -0.4 is 5.32 Å². The van der Waals surface area contributed by atoms with Crippen molar-refractivity contribution >= 4 is 5.91 Å². The van der Waals surface area contributed by atoms with Crippen LogP contribution in [0.1, 0.15) is 28.8 Å². The number of phenolic OH excluding ortho intramolecular Hbond substituents is 1. The van der Waals surface area contributed by atoms with Gasteiger partial charge in [0.15, 0.2) is 0 Å². The topological polar surface area (TPSA) is 69.6 Å². The minimum atomic E-state index is -0.466. The summed E-state index contributed by atoms with van der Waals surface area (Å²) in [5, 5.41) is 21.9. The lowest BCUT2D eigenvalue weighted by Crippen LogP contribution is -2.33. The van der Waals surface area contributed by atoms with E-state index >= 15 is 0 Å². The number of phenols is 1. The molecule has 1 aliphatic carbocycles. The first-order valence-electron chi connectivity index (χ1n) is 5.84. The van der Waals surface area contributed by atoms with Crippen molar-refractivity contribution in [3.63, 3.8) is 0 Å². The zero-order valence-corrected chi connectivity index (χ0v) is 9.81. The fraction of sp³-hybridized carbons (Fsp3) is 0.462. The molecule has 1 atom stereocenters. The highest BCUT2D eigenvalue weighted by molar-refractivity contribution is 5.96. The molecule has 1 saturated carbocycles. The molecule has 0 radical (unpaired) electrons. The number of carbonyl (C=O) groups is 1. The number of hydrogen-bond acceptors (Lipinski definition) is 3. The van der Waals surface area contributed by atoms with E-state index in [1.54, 1.807) is 18.2 Å². The molecule has 0 bridgehead atoms. The zero-order chi connectivity index (χ0) is 12.4. The lowest BCUT2D eigenvalue weighted by Gasteiger charge is -2.11. The number of benzene rings is 1. The molecule has 1 aromatic carbocycles. The van der Waals surface area contributed by atoms with E-state index in [1.807, 2.05) is 6.92 Å². The van der Waals surface area contributed by atoms with Crippen molar-refractivity contribution in [2.45, 2.75) is 25.9 Å². The van der Waals surface area contributed by atoms with Gasteiger partial charge in [0, 0.05) is 6.54 Å². The van der Waals surface area contributed by atoms with Gasteiger partial charge in [0.1, 0.15) is 5.75 Å². The van der Waals surface area contributed by atoms with E-state index in [-0.39, 0.29) is 23.8 Å². The summed E-state index contributed by atoms with van der Waals surface area (Å²) in [6, 6.07) is 4.90. The maximum Gasteiger partial charge on any atom is 0.255 e. The molecule has 1 aromatic rings. The van der Waals surface area contributed by atoms with Gasteiger partial charge in [0.05, 0.1) is 11.7 Å². The van der Waals surface area contributed by atoms with Gasteiger partial charge >= 0.3 is 0 Å². The van der Waals surface area contributed by atoms with E-state index in [0.29, 0.717) is 5.92 Å². The Labute approximate surface area is 100 Å². The first-order chi connectivity index (χ1) is 8.08. The second-order valence-corrected chi connectivity index (χ2v) is 4.64. The van der Waals surface area contributed by atoms with Crippen molar-refractivity contribution in [2.75, 3.05) is 6.54 Å². The summed E-state index contributed by atoms with van der Waals surface area (Å²) >= 11 is 0. The average Bonchev–Trinajstić information content (AvgIpc) is 3.09. The molecule has 0 aliphatic heterocycles. The molecule has 0 spiro atoms. The molecule has 0 heterocycles. The number of aliphatic hydroxyl groups excluding tert-OH is 1. The number of amides is 1. The molecule has 0 aromatic heterocycles. The van der Waals surface area contributed by atoms with E-state index in [0.717, 1.165) is 18.4 Å². The molecule has 1 aliphatic rings. The Morgan fingerprint density at radius 2 is 2.24 bits per heavy atom.